The summed E-state index contributed by atoms with van der Waals surface area (Å²) in [6.07, 6.45) is 0. The first-order valence-electron chi connectivity index (χ1n) is 5.94. The monoisotopic (exact) mass is 283 g/mol. The number of hydrogen-bond acceptors (Lipinski definition) is 7. The molecule has 1 fully saturated rings. The molecule has 0 saturated carbocycles. The van der Waals surface area contributed by atoms with Crippen molar-refractivity contribution < 1.29 is 14.3 Å². The average molecular weight is 283 g/mol. The molecular formula is C12H17N3O3S. The second-order valence-electron chi connectivity index (χ2n) is 3.98. The minimum Gasteiger partial charge on any atom is -0.465 e. The molecule has 7 heteroatoms. The fraction of sp³-hybridized carbons (Fsp3) is 0.417. The van der Waals surface area contributed by atoms with Crippen LogP contribution in [0.4, 0.5) is 5.69 Å². The Morgan fingerprint density at radius 2 is 2.21 bits per heavy atom. The van der Waals surface area contributed by atoms with Crippen molar-refractivity contribution in [2.75, 3.05) is 38.8 Å². The van der Waals surface area contributed by atoms with E-state index in [1.807, 2.05) is 0 Å². The van der Waals surface area contributed by atoms with Crippen molar-refractivity contribution in [2.24, 2.45) is 5.84 Å². The molecule has 104 valence electrons. The van der Waals surface area contributed by atoms with Gasteiger partial charge >= 0.3 is 5.97 Å². The summed E-state index contributed by atoms with van der Waals surface area (Å²) < 4.78 is 12.2. The summed E-state index contributed by atoms with van der Waals surface area (Å²) in [5.74, 6) is 5.14. The number of hydrazine groups is 1. The molecule has 0 atom stereocenters. The lowest BCUT2D eigenvalue weighted by Gasteiger charge is -2.26. The van der Waals surface area contributed by atoms with Gasteiger partial charge in [-0.05, 0) is 30.1 Å². The predicted molar refractivity (Wildman–Crippen MR) is 73.8 cm³/mol. The van der Waals surface area contributed by atoms with Gasteiger partial charge in [-0.3, -0.25) is 5.84 Å². The Morgan fingerprint density at radius 1 is 1.47 bits per heavy atom. The van der Waals surface area contributed by atoms with Crippen LogP contribution in [0.15, 0.2) is 23.1 Å². The molecule has 0 spiro atoms. The summed E-state index contributed by atoms with van der Waals surface area (Å²) in [7, 11) is 1.37. The number of morpholine rings is 1. The Morgan fingerprint density at radius 3 is 2.84 bits per heavy atom. The highest BCUT2D eigenvalue weighted by molar-refractivity contribution is 7.97. The number of hydrogen-bond donors (Lipinski definition) is 2. The molecule has 1 aromatic carbocycles. The van der Waals surface area contributed by atoms with Crippen molar-refractivity contribution in [2.45, 2.75) is 4.90 Å². The zero-order valence-corrected chi connectivity index (χ0v) is 11.5. The number of benzene rings is 1. The molecule has 2 rings (SSSR count). The highest BCUT2D eigenvalue weighted by Crippen LogP contribution is 2.31. The molecule has 1 aromatic rings. The number of rotatable bonds is 4. The molecule has 0 radical (unpaired) electrons. The maximum atomic E-state index is 11.5. The van der Waals surface area contributed by atoms with E-state index in [2.05, 4.69) is 9.73 Å². The second kappa shape index (κ2) is 6.76. The van der Waals surface area contributed by atoms with Crippen LogP contribution in [0.1, 0.15) is 10.4 Å². The van der Waals surface area contributed by atoms with Crippen LogP contribution in [0.5, 0.6) is 0 Å². The third-order valence-electron chi connectivity index (χ3n) is 2.76. The number of nitrogens with zero attached hydrogens (tertiary/aromatic N) is 1. The molecule has 3 N–H and O–H groups in total. The summed E-state index contributed by atoms with van der Waals surface area (Å²) in [6.45, 7) is 3.12. The molecule has 19 heavy (non-hydrogen) atoms. The van der Waals surface area contributed by atoms with E-state index in [1.165, 1.54) is 7.11 Å². The SMILES string of the molecule is COC(=O)c1ccc(NN)c(SN2CCOCC2)c1. The summed E-state index contributed by atoms with van der Waals surface area (Å²) in [5.41, 5.74) is 3.93. The van der Waals surface area contributed by atoms with Gasteiger partial charge in [0.15, 0.2) is 0 Å². The van der Waals surface area contributed by atoms with Crippen molar-refractivity contribution in [3.05, 3.63) is 23.8 Å². The van der Waals surface area contributed by atoms with Gasteiger partial charge in [-0.1, -0.05) is 0 Å². The van der Waals surface area contributed by atoms with E-state index in [4.69, 9.17) is 15.3 Å². The maximum absolute atomic E-state index is 11.5. The van der Waals surface area contributed by atoms with E-state index in [9.17, 15) is 4.79 Å². The number of nitrogen functional groups attached to an aromatic ring is 1. The first-order valence-corrected chi connectivity index (χ1v) is 6.71. The lowest BCUT2D eigenvalue weighted by molar-refractivity contribution is 0.0600. The van der Waals surface area contributed by atoms with Crippen LogP contribution in [0.2, 0.25) is 0 Å². The van der Waals surface area contributed by atoms with Gasteiger partial charge in [-0.2, -0.15) is 0 Å². The van der Waals surface area contributed by atoms with E-state index >= 15 is 0 Å². The molecule has 0 bridgehead atoms. The normalized spacial score (nSPS) is 16.1. The number of ether oxygens (including phenoxy) is 2. The molecule has 6 nitrogen and oxygen atoms in total. The molecule has 0 aliphatic carbocycles. The van der Waals surface area contributed by atoms with Gasteiger partial charge in [0.2, 0.25) is 0 Å². The third kappa shape index (κ3) is 3.60. The third-order valence-corrected chi connectivity index (χ3v) is 3.91. The number of methoxy groups -OCH3 is 1. The predicted octanol–water partition coefficient (Wildman–Crippen LogP) is 1.10. The van der Waals surface area contributed by atoms with Crippen LogP contribution in [-0.2, 0) is 9.47 Å². The van der Waals surface area contributed by atoms with Crippen molar-refractivity contribution >= 4 is 23.6 Å². The molecule has 1 heterocycles. The topological polar surface area (TPSA) is 76.8 Å². The van der Waals surface area contributed by atoms with Gasteiger partial charge in [-0.25, -0.2) is 9.10 Å². The first-order chi connectivity index (χ1) is 9.24. The number of anilines is 1. The molecular weight excluding hydrogens is 266 g/mol. The van der Waals surface area contributed by atoms with Gasteiger partial charge in [0, 0.05) is 18.0 Å². The quantitative estimate of drug-likeness (QED) is 0.371. The van der Waals surface area contributed by atoms with E-state index in [0.717, 1.165) is 36.9 Å². The van der Waals surface area contributed by atoms with Crippen LogP contribution in [0.25, 0.3) is 0 Å². The largest absolute Gasteiger partial charge is 0.465 e. The highest BCUT2D eigenvalue weighted by atomic mass is 32.2. The maximum Gasteiger partial charge on any atom is 0.337 e. The molecule has 1 aliphatic rings. The van der Waals surface area contributed by atoms with Crippen LogP contribution >= 0.6 is 11.9 Å². The zero-order valence-electron chi connectivity index (χ0n) is 10.7. The Labute approximate surface area is 116 Å². The van der Waals surface area contributed by atoms with E-state index in [0.29, 0.717) is 5.56 Å². The second-order valence-corrected chi connectivity index (χ2v) is 5.12. The van der Waals surface area contributed by atoms with Crippen molar-refractivity contribution in [3.8, 4) is 0 Å². The highest BCUT2D eigenvalue weighted by Gasteiger charge is 2.16. The number of nitrogens with two attached hydrogens (primary N) is 1. The lowest BCUT2D eigenvalue weighted by Crippen LogP contribution is -2.31. The fourth-order valence-corrected chi connectivity index (χ4v) is 2.75. The van der Waals surface area contributed by atoms with Crippen LogP contribution < -0.4 is 11.3 Å². The number of esters is 1. The van der Waals surface area contributed by atoms with Crippen molar-refractivity contribution in [1.82, 2.24) is 4.31 Å². The zero-order chi connectivity index (χ0) is 13.7. The first kappa shape index (κ1) is 14.1. The Bertz CT molecular complexity index is 450. The molecule has 1 saturated heterocycles. The Balaban J connectivity index is 2.17. The van der Waals surface area contributed by atoms with E-state index in [-0.39, 0.29) is 5.97 Å². The van der Waals surface area contributed by atoms with E-state index in [1.54, 1.807) is 30.1 Å². The number of carbonyl (C=O) groups is 1. The van der Waals surface area contributed by atoms with Gasteiger partial charge in [0.1, 0.15) is 0 Å². The van der Waals surface area contributed by atoms with E-state index < -0.39 is 0 Å². The van der Waals surface area contributed by atoms with Gasteiger partial charge in [0.25, 0.3) is 0 Å². The summed E-state index contributed by atoms with van der Waals surface area (Å²) in [4.78, 5) is 12.4. The summed E-state index contributed by atoms with van der Waals surface area (Å²) in [6, 6.07) is 5.24. The smallest absolute Gasteiger partial charge is 0.337 e. The Kier molecular flexibility index (Phi) is 5.03. The molecule has 0 unspecified atom stereocenters. The number of carbonyl (C=O) groups excluding carboxylic acids is 1. The Hall–Kier alpha value is -1.28. The van der Waals surface area contributed by atoms with Crippen LogP contribution in [0, 0.1) is 0 Å². The van der Waals surface area contributed by atoms with Crippen LogP contribution in [-0.4, -0.2) is 43.7 Å². The lowest BCUT2D eigenvalue weighted by atomic mass is 10.2. The standard InChI is InChI=1S/C12H17N3O3S/c1-17-12(16)9-2-3-10(14-13)11(8-9)19-15-4-6-18-7-5-15/h2-3,8,14H,4-7,13H2,1H3. The summed E-state index contributed by atoms with van der Waals surface area (Å²) >= 11 is 1.56. The minimum absolute atomic E-state index is 0.354. The minimum atomic E-state index is -0.354. The van der Waals surface area contributed by atoms with Gasteiger partial charge in [0.05, 0.1) is 31.6 Å². The molecule has 0 amide bonds. The summed E-state index contributed by atoms with van der Waals surface area (Å²) in [5, 5.41) is 0. The van der Waals surface area contributed by atoms with Gasteiger partial charge in [-0.15, -0.1) is 0 Å². The molecule has 0 aromatic heterocycles. The van der Waals surface area contributed by atoms with Crippen molar-refractivity contribution in [3.63, 3.8) is 0 Å². The average Bonchev–Trinajstić information content (AvgIpc) is 2.47. The van der Waals surface area contributed by atoms with Gasteiger partial charge < -0.3 is 14.9 Å². The number of nitrogens with one attached hydrogen (secondary N) is 1. The van der Waals surface area contributed by atoms with Crippen LogP contribution in [0.3, 0.4) is 0 Å². The fourth-order valence-electron chi connectivity index (χ4n) is 1.74. The van der Waals surface area contributed by atoms with Crippen molar-refractivity contribution in [1.29, 1.82) is 0 Å². The molecule has 1 aliphatic heterocycles.